The quantitative estimate of drug-likeness (QED) is 0.395. The molecule has 0 amide bonds. The van der Waals surface area contributed by atoms with Gasteiger partial charge in [-0.05, 0) is 48.4 Å². The van der Waals surface area contributed by atoms with Crippen molar-refractivity contribution in [3.63, 3.8) is 0 Å². The van der Waals surface area contributed by atoms with Crippen LogP contribution < -0.4 is 0 Å². The van der Waals surface area contributed by atoms with E-state index in [4.69, 9.17) is 0 Å². The maximum Gasteiger partial charge on any atom is 0.341 e. The fourth-order valence-electron chi connectivity index (χ4n) is 4.83. The van der Waals surface area contributed by atoms with Gasteiger partial charge in [-0.3, -0.25) is 5.10 Å². The van der Waals surface area contributed by atoms with Gasteiger partial charge >= 0.3 is 5.97 Å². The molecule has 0 saturated heterocycles. The van der Waals surface area contributed by atoms with Crippen LogP contribution in [-0.2, 0) is 4.79 Å². The molecule has 9 heteroatoms. The minimum atomic E-state index is -2.37. The van der Waals surface area contributed by atoms with E-state index >= 15 is 4.39 Å². The second-order valence-electron chi connectivity index (χ2n) is 8.68. The van der Waals surface area contributed by atoms with Crippen LogP contribution in [0.15, 0.2) is 30.5 Å². The van der Waals surface area contributed by atoms with E-state index in [9.17, 15) is 23.1 Å². The summed E-state index contributed by atoms with van der Waals surface area (Å²) in [4.78, 5) is 11.3. The van der Waals surface area contributed by atoms with Crippen molar-refractivity contribution in [2.75, 3.05) is 0 Å². The summed E-state index contributed by atoms with van der Waals surface area (Å²) in [5.74, 6) is -4.95. The van der Waals surface area contributed by atoms with Crippen molar-refractivity contribution >= 4 is 27.8 Å². The van der Waals surface area contributed by atoms with Crippen LogP contribution in [-0.4, -0.2) is 31.5 Å². The fourth-order valence-corrected chi connectivity index (χ4v) is 4.83. The Balaban J connectivity index is 1.86. The molecule has 0 atom stereocenters. The molecule has 5 nitrogen and oxygen atoms in total. The summed E-state index contributed by atoms with van der Waals surface area (Å²) in [7, 11) is 0. The lowest BCUT2D eigenvalue weighted by molar-refractivity contribution is -0.158. The van der Waals surface area contributed by atoms with Gasteiger partial charge in [0.25, 0.3) is 0 Å². The summed E-state index contributed by atoms with van der Waals surface area (Å²) < 4.78 is 59.7. The maximum absolute atomic E-state index is 15.7. The van der Waals surface area contributed by atoms with Crippen molar-refractivity contribution in [1.29, 1.82) is 0 Å². The minimum absolute atomic E-state index is 0.167. The van der Waals surface area contributed by atoms with Gasteiger partial charge in [0.2, 0.25) is 5.67 Å². The topological polar surface area (TPSA) is 70.9 Å². The number of aromatic nitrogens is 3. The minimum Gasteiger partial charge on any atom is -0.479 e. The van der Waals surface area contributed by atoms with Crippen LogP contribution in [0.4, 0.5) is 17.6 Å². The summed E-state index contributed by atoms with van der Waals surface area (Å²) in [6.07, 6.45) is 0.869. The molecule has 5 rings (SSSR count). The molecule has 32 heavy (non-hydrogen) atoms. The van der Waals surface area contributed by atoms with E-state index in [0.29, 0.717) is 22.2 Å². The number of aliphatic carboxylic acids is 1. The molecule has 2 aromatic heterocycles. The Bertz CT molecular complexity index is 1400. The number of nitrogens with zero attached hydrogens (tertiary/aromatic N) is 2. The molecule has 1 fully saturated rings. The number of carbonyl (C=O) groups is 1. The van der Waals surface area contributed by atoms with E-state index in [-0.39, 0.29) is 35.3 Å². The first-order valence-corrected chi connectivity index (χ1v) is 10.2. The van der Waals surface area contributed by atoms with Crippen LogP contribution in [0.1, 0.15) is 49.8 Å². The molecule has 0 radical (unpaired) electrons. The molecular weight excluding hydrogens is 426 g/mol. The van der Waals surface area contributed by atoms with Crippen molar-refractivity contribution in [3.05, 3.63) is 59.2 Å². The monoisotopic (exact) mass is 445 g/mol. The molecule has 4 aromatic rings. The van der Waals surface area contributed by atoms with E-state index in [0.717, 1.165) is 12.1 Å². The second kappa shape index (κ2) is 6.82. The van der Waals surface area contributed by atoms with Crippen molar-refractivity contribution < 1.29 is 27.5 Å². The number of hydrogen-bond acceptors (Lipinski definition) is 2. The van der Waals surface area contributed by atoms with Gasteiger partial charge in [-0.25, -0.2) is 22.4 Å². The lowest BCUT2D eigenvalue weighted by Gasteiger charge is -2.39. The zero-order chi connectivity index (χ0) is 22.9. The Morgan fingerprint density at radius 3 is 2.56 bits per heavy atom. The highest BCUT2D eigenvalue weighted by atomic mass is 19.2. The SMILES string of the molecule is CC(C)c1c(C2CC(F)(C(=O)O)C2)c2c(F)c3[nH]ncc3cc2n1-c1ccc(F)c(F)c1. The van der Waals surface area contributed by atoms with Crippen LogP contribution in [0.5, 0.6) is 0 Å². The molecule has 0 bridgehead atoms. The average molecular weight is 445 g/mol. The number of nitrogens with one attached hydrogen (secondary N) is 1. The standard InChI is InChI=1S/C23H19F4N3O2/c1-10(2)21-17(12-7-23(27,8-12)22(31)32)18-16(5-11-9-28-29-20(11)19(18)26)30(21)13-3-4-14(24)15(25)6-13/h3-6,9-10,12H,7-8H2,1-2H3,(H,28,29)(H,31,32). The fraction of sp³-hybridized carbons (Fsp3) is 0.304. The van der Waals surface area contributed by atoms with Crippen LogP contribution in [0.25, 0.3) is 27.5 Å². The number of rotatable bonds is 4. The van der Waals surface area contributed by atoms with E-state index in [1.807, 2.05) is 13.8 Å². The molecule has 0 spiro atoms. The third-order valence-electron chi connectivity index (χ3n) is 6.32. The number of carboxylic acid groups (broad SMARTS) is 1. The number of alkyl halides is 1. The third kappa shape index (κ3) is 2.76. The van der Waals surface area contributed by atoms with Crippen molar-refractivity contribution in [2.45, 2.75) is 44.2 Å². The summed E-state index contributed by atoms with van der Waals surface area (Å²) in [5.41, 5.74) is -0.432. The molecule has 2 N–H and O–H groups in total. The summed E-state index contributed by atoms with van der Waals surface area (Å²) in [5, 5.41) is 16.4. The molecule has 2 heterocycles. The molecule has 0 unspecified atom stereocenters. The highest BCUT2D eigenvalue weighted by Crippen LogP contribution is 2.53. The van der Waals surface area contributed by atoms with Gasteiger partial charge in [-0.2, -0.15) is 5.10 Å². The first-order chi connectivity index (χ1) is 15.1. The van der Waals surface area contributed by atoms with Crippen molar-refractivity contribution in [1.82, 2.24) is 14.8 Å². The Hall–Kier alpha value is -3.36. The lowest BCUT2D eigenvalue weighted by Crippen LogP contribution is -2.45. The van der Waals surface area contributed by atoms with Gasteiger partial charge in [0.05, 0.1) is 11.7 Å². The lowest BCUT2D eigenvalue weighted by atomic mass is 9.68. The Kier molecular flexibility index (Phi) is 4.38. The number of carboxylic acids is 1. The smallest absolute Gasteiger partial charge is 0.341 e. The number of H-pyrrole nitrogens is 1. The Morgan fingerprint density at radius 2 is 1.94 bits per heavy atom. The van der Waals surface area contributed by atoms with Crippen LogP contribution in [0.2, 0.25) is 0 Å². The number of fused-ring (bicyclic) bond motifs is 2. The van der Waals surface area contributed by atoms with E-state index in [1.54, 1.807) is 10.6 Å². The summed E-state index contributed by atoms with van der Waals surface area (Å²) in [6.45, 7) is 3.72. The Morgan fingerprint density at radius 1 is 1.22 bits per heavy atom. The Labute approximate surface area is 179 Å². The maximum atomic E-state index is 15.7. The first kappa shape index (κ1) is 20.5. The summed E-state index contributed by atoms with van der Waals surface area (Å²) in [6, 6.07) is 5.10. The predicted molar refractivity (Wildman–Crippen MR) is 110 cm³/mol. The largest absolute Gasteiger partial charge is 0.479 e. The van der Waals surface area contributed by atoms with Gasteiger partial charge in [-0.15, -0.1) is 0 Å². The molecule has 166 valence electrons. The average Bonchev–Trinajstić information content (AvgIpc) is 3.30. The first-order valence-electron chi connectivity index (χ1n) is 10.2. The molecule has 2 aromatic carbocycles. The zero-order valence-electron chi connectivity index (χ0n) is 17.2. The van der Waals surface area contributed by atoms with Gasteiger partial charge in [0.1, 0.15) is 5.52 Å². The van der Waals surface area contributed by atoms with Crippen molar-refractivity contribution in [2.24, 2.45) is 0 Å². The number of halogens is 4. The predicted octanol–water partition coefficient (Wildman–Crippen LogP) is 5.72. The highest BCUT2D eigenvalue weighted by molar-refractivity contribution is 6.00. The molecule has 1 aliphatic rings. The van der Waals surface area contributed by atoms with Gasteiger partial charge in [0.15, 0.2) is 17.5 Å². The highest BCUT2D eigenvalue weighted by Gasteiger charge is 2.53. The third-order valence-corrected chi connectivity index (χ3v) is 6.32. The van der Waals surface area contributed by atoms with Crippen LogP contribution >= 0.6 is 0 Å². The number of hydrogen-bond donors (Lipinski definition) is 2. The van der Waals surface area contributed by atoms with Crippen LogP contribution in [0.3, 0.4) is 0 Å². The normalized spacial score (nSPS) is 20.9. The van der Waals surface area contributed by atoms with E-state index in [2.05, 4.69) is 10.2 Å². The molecule has 1 aliphatic carbocycles. The molecule has 1 saturated carbocycles. The zero-order valence-corrected chi connectivity index (χ0v) is 17.2. The van der Waals surface area contributed by atoms with Gasteiger partial charge in [0, 0.05) is 28.2 Å². The molecule has 0 aliphatic heterocycles. The number of aromatic amines is 1. The molecular formula is C23H19F4N3O2. The van der Waals surface area contributed by atoms with Crippen molar-refractivity contribution in [3.8, 4) is 5.69 Å². The van der Waals surface area contributed by atoms with Gasteiger partial charge < -0.3 is 9.67 Å². The van der Waals surface area contributed by atoms with Crippen LogP contribution in [0, 0.1) is 17.5 Å². The van der Waals surface area contributed by atoms with E-state index in [1.165, 1.54) is 12.3 Å². The second-order valence-corrected chi connectivity index (χ2v) is 8.68. The van der Waals surface area contributed by atoms with E-state index < -0.39 is 35.0 Å². The number of benzene rings is 2. The summed E-state index contributed by atoms with van der Waals surface area (Å²) >= 11 is 0. The van der Waals surface area contributed by atoms with Gasteiger partial charge in [-0.1, -0.05) is 13.8 Å².